The van der Waals surface area contributed by atoms with Crippen molar-refractivity contribution in [3.8, 4) is 0 Å². The lowest BCUT2D eigenvalue weighted by Gasteiger charge is -2.16. The lowest BCUT2D eigenvalue weighted by molar-refractivity contribution is -0.122. The number of amides is 1. The first-order valence-electron chi connectivity index (χ1n) is 6.02. The molecule has 102 valence electrons. The summed E-state index contributed by atoms with van der Waals surface area (Å²) >= 11 is 0. The van der Waals surface area contributed by atoms with Crippen molar-refractivity contribution in [2.45, 2.75) is 39.3 Å². The Hall–Kier alpha value is -2.18. The lowest BCUT2D eigenvalue weighted by atomic mass is 9.96. The molecule has 0 saturated heterocycles. The molecule has 0 saturated carbocycles. The normalized spacial score (nSPS) is 11.5. The summed E-state index contributed by atoms with van der Waals surface area (Å²) in [5.74, 6) is 1.23. The van der Waals surface area contributed by atoms with E-state index in [1.807, 2.05) is 20.8 Å². The molecule has 1 N–H and O–H groups in total. The zero-order valence-electron chi connectivity index (χ0n) is 11.3. The van der Waals surface area contributed by atoms with Crippen LogP contribution in [0.4, 0.5) is 0 Å². The SMILES string of the molecule is CC(C)(C)c1nnnn1CC(=O)NCc1ccco1. The van der Waals surface area contributed by atoms with Crippen molar-refractivity contribution in [1.29, 1.82) is 0 Å². The Morgan fingerprint density at radius 3 is 2.89 bits per heavy atom. The van der Waals surface area contributed by atoms with Crippen molar-refractivity contribution in [2.75, 3.05) is 0 Å². The van der Waals surface area contributed by atoms with Gasteiger partial charge in [-0.2, -0.15) is 0 Å². The molecule has 0 fully saturated rings. The molecule has 7 nitrogen and oxygen atoms in total. The average molecular weight is 263 g/mol. The second kappa shape index (κ2) is 5.21. The highest BCUT2D eigenvalue weighted by Gasteiger charge is 2.22. The minimum atomic E-state index is -0.204. The number of nitrogens with zero attached hydrogens (tertiary/aromatic N) is 4. The van der Waals surface area contributed by atoms with E-state index in [0.717, 1.165) is 0 Å². The van der Waals surface area contributed by atoms with Gasteiger partial charge < -0.3 is 9.73 Å². The molecule has 0 bridgehead atoms. The van der Waals surface area contributed by atoms with Crippen LogP contribution in [0.1, 0.15) is 32.4 Å². The summed E-state index contributed by atoms with van der Waals surface area (Å²) < 4.78 is 6.65. The first-order chi connectivity index (χ1) is 8.97. The van der Waals surface area contributed by atoms with Gasteiger partial charge in [-0.1, -0.05) is 20.8 Å². The van der Waals surface area contributed by atoms with Crippen LogP contribution in [0.15, 0.2) is 22.8 Å². The highest BCUT2D eigenvalue weighted by molar-refractivity contribution is 5.75. The number of carbonyl (C=O) groups excluding carboxylic acids is 1. The van der Waals surface area contributed by atoms with Crippen LogP contribution in [0.25, 0.3) is 0 Å². The van der Waals surface area contributed by atoms with E-state index in [1.165, 1.54) is 4.68 Å². The summed E-state index contributed by atoms with van der Waals surface area (Å²) in [4.78, 5) is 11.8. The van der Waals surface area contributed by atoms with Crippen molar-refractivity contribution >= 4 is 5.91 Å². The molecule has 0 aliphatic heterocycles. The predicted octanol–water partition coefficient (Wildman–Crippen LogP) is 0.880. The molecule has 0 aliphatic rings. The van der Waals surface area contributed by atoms with Crippen molar-refractivity contribution in [1.82, 2.24) is 25.5 Å². The van der Waals surface area contributed by atoms with Crippen LogP contribution < -0.4 is 5.32 Å². The molecular weight excluding hydrogens is 246 g/mol. The van der Waals surface area contributed by atoms with E-state index in [-0.39, 0.29) is 17.9 Å². The molecule has 0 radical (unpaired) electrons. The summed E-state index contributed by atoms with van der Waals surface area (Å²) in [5, 5.41) is 14.2. The fourth-order valence-corrected chi connectivity index (χ4v) is 1.64. The van der Waals surface area contributed by atoms with E-state index in [9.17, 15) is 4.79 Å². The molecule has 0 spiro atoms. The Morgan fingerprint density at radius 1 is 1.47 bits per heavy atom. The monoisotopic (exact) mass is 263 g/mol. The topological polar surface area (TPSA) is 85.8 Å². The molecule has 2 heterocycles. The predicted molar refractivity (Wildman–Crippen MR) is 67.1 cm³/mol. The number of furan rings is 1. The molecule has 19 heavy (non-hydrogen) atoms. The molecule has 2 aromatic rings. The molecular formula is C12H17N5O2. The summed E-state index contributed by atoms with van der Waals surface area (Å²) in [7, 11) is 0. The van der Waals surface area contributed by atoms with E-state index in [4.69, 9.17) is 4.42 Å². The highest BCUT2D eigenvalue weighted by atomic mass is 16.3. The van der Waals surface area contributed by atoms with Gasteiger partial charge in [0.05, 0.1) is 12.8 Å². The van der Waals surface area contributed by atoms with Gasteiger partial charge in [0.1, 0.15) is 12.3 Å². The van der Waals surface area contributed by atoms with Gasteiger partial charge in [0.15, 0.2) is 5.82 Å². The number of carbonyl (C=O) groups is 1. The highest BCUT2D eigenvalue weighted by Crippen LogP contribution is 2.18. The maximum absolute atomic E-state index is 11.8. The summed E-state index contributed by atoms with van der Waals surface area (Å²) in [6.07, 6.45) is 1.57. The summed E-state index contributed by atoms with van der Waals surface area (Å²) in [6, 6.07) is 3.58. The van der Waals surface area contributed by atoms with Crippen LogP contribution in [0.3, 0.4) is 0 Å². The van der Waals surface area contributed by atoms with Gasteiger partial charge in [-0.25, -0.2) is 4.68 Å². The maximum Gasteiger partial charge on any atom is 0.242 e. The lowest BCUT2D eigenvalue weighted by Crippen LogP contribution is -2.30. The number of hydrogen-bond acceptors (Lipinski definition) is 5. The standard InChI is InChI=1S/C12H17N5O2/c1-12(2,3)11-14-15-16-17(11)8-10(18)13-7-9-5-4-6-19-9/h4-6H,7-8H2,1-3H3,(H,13,18). The number of hydrogen-bond donors (Lipinski definition) is 1. The Labute approximate surface area is 111 Å². The fourth-order valence-electron chi connectivity index (χ4n) is 1.64. The zero-order chi connectivity index (χ0) is 13.9. The van der Waals surface area contributed by atoms with Gasteiger partial charge in [-0.15, -0.1) is 5.10 Å². The van der Waals surface area contributed by atoms with Crippen LogP contribution in [0, 0.1) is 0 Å². The molecule has 0 unspecified atom stereocenters. The quantitative estimate of drug-likeness (QED) is 0.885. The Balaban J connectivity index is 1.94. The Bertz CT molecular complexity index is 539. The van der Waals surface area contributed by atoms with Crippen molar-refractivity contribution in [3.63, 3.8) is 0 Å². The minimum Gasteiger partial charge on any atom is -0.467 e. The van der Waals surface area contributed by atoms with E-state index in [1.54, 1.807) is 18.4 Å². The van der Waals surface area contributed by atoms with E-state index < -0.39 is 0 Å². The zero-order valence-corrected chi connectivity index (χ0v) is 11.3. The first-order valence-corrected chi connectivity index (χ1v) is 6.02. The molecule has 2 rings (SSSR count). The van der Waals surface area contributed by atoms with Crippen LogP contribution in [-0.4, -0.2) is 26.1 Å². The molecule has 7 heteroatoms. The number of rotatable bonds is 4. The van der Waals surface area contributed by atoms with Crippen LogP contribution in [0.2, 0.25) is 0 Å². The average Bonchev–Trinajstić information content (AvgIpc) is 2.95. The smallest absolute Gasteiger partial charge is 0.242 e. The summed E-state index contributed by atoms with van der Waals surface area (Å²) in [5.41, 5.74) is -0.204. The Kier molecular flexibility index (Phi) is 3.64. The third-order valence-corrected chi connectivity index (χ3v) is 2.54. The summed E-state index contributed by atoms with van der Waals surface area (Å²) in [6.45, 7) is 6.45. The van der Waals surface area contributed by atoms with Gasteiger partial charge in [0.25, 0.3) is 0 Å². The minimum absolute atomic E-state index is 0.0975. The molecule has 1 amide bonds. The molecule has 0 atom stereocenters. The fraction of sp³-hybridized carbons (Fsp3) is 0.500. The van der Waals surface area contributed by atoms with E-state index >= 15 is 0 Å². The van der Waals surface area contributed by atoms with Crippen molar-refractivity contribution in [2.24, 2.45) is 0 Å². The first kappa shape index (κ1) is 13.3. The molecule has 0 aliphatic carbocycles. The second-order valence-corrected chi connectivity index (χ2v) is 5.27. The van der Waals surface area contributed by atoms with Crippen LogP contribution in [0.5, 0.6) is 0 Å². The third kappa shape index (κ3) is 3.40. The van der Waals surface area contributed by atoms with Gasteiger partial charge in [-0.3, -0.25) is 4.79 Å². The van der Waals surface area contributed by atoms with Gasteiger partial charge >= 0.3 is 0 Å². The van der Waals surface area contributed by atoms with Crippen LogP contribution >= 0.6 is 0 Å². The van der Waals surface area contributed by atoms with Crippen molar-refractivity contribution < 1.29 is 9.21 Å². The Morgan fingerprint density at radius 2 is 2.26 bits per heavy atom. The second-order valence-electron chi connectivity index (χ2n) is 5.27. The largest absolute Gasteiger partial charge is 0.467 e. The van der Waals surface area contributed by atoms with Crippen molar-refractivity contribution in [3.05, 3.63) is 30.0 Å². The molecule has 2 aromatic heterocycles. The van der Waals surface area contributed by atoms with Gasteiger partial charge in [-0.05, 0) is 22.6 Å². The molecule has 0 aromatic carbocycles. The van der Waals surface area contributed by atoms with E-state index in [0.29, 0.717) is 18.1 Å². The van der Waals surface area contributed by atoms with Gasteiger partial charge in [0, 0.05) is 5.41 Å². The third-order valence-electron chi connectivity index (χ3n) is 2.54. The van der Waals surface area contributed by atoms with Gasteiger partial charge in [0.2, 0.25) is 5.91 Å². The number of nitrogens with one attached hydrogen (secondary N) is 1. The van der Waals surface area contributed by atoms with Crippen LogP contribution in [-0.2, 0) is 23.3 Å². The maximum atomic E-state index is 11.8. The number of tetrazole rings is 1. The number of aromatic nitrogens is 4. The van der Waals surface area contributed by atoms with E-state index in [2.05, 4.69) is 20.8 Å².